The van der Waals surface area contributed by atoms with Crippen LogP contribution in [-0.4, -0.2) is 82.4 Å². The van der Waals surface area contributed by atoms with E-state index in [-0.39, 0.29) is 54.9 Å². The second-order valence-electron chi connectivity index (χ2n) is 7.38. The average Bonchev–Trinajstić information content (AvgIpc) is 2.71. The normalized spacial score (nSPS) is 15.8. The molecule has 1 saturated heterocycles. The minimum atomic E-state index is -3.33. The van der Waals surface area contributed by atoms with Crippen LogP contribution >= 0.6 is 24.0 Å². The third-order valence-electron chi connectivity index (χ3n) is 4.80. The summed E-state index contributed by atoms with van der Waals surface area (Å²) in [4.78, 5) is 6.33. The molecule has 1 aliphatic rings. The fourth-order valence-electron chi connectivity index (χ4n) is 3.21. The van der Waals surface area contributed by atoms with Gasteiger partial charge in [-0.1, -0.05) is 6.07 Å². The number of nitrogens with zero attached hydrogens (tertiary/aromatic N) is 3. The smallest absolute Gasteiger partial charge is 0.216 e. The van der Waals surface area contributed by atoms with Crippen LogP contribution in [0.15, 0.2) is 23.2 Å². The summed E-state index contributed by atoms with van der Waals surface area (Å²) in [5.41, 5.74) is 1.42. The summed E-state index contributed by atoms with van der Waals surface area (Å²) in [7, 11) is -0.109. The lowest BCUT2D eigenvalue weighted by Gasteiger charge is -2.35. The van der Waals surface area contributed by atoms with Crippen molar-refractivity contribution < 1.29 is 22.3 Å². The van der Waals surface area contributed by atoms with Gasteiger partial charge in [-0.25, -0.2) is 12.8 Å². The molecule has 11 heteroatoms. The number of rotatable bonds is 9. The van der Waals surface area contributed by atoms with Gasteiger partial charge in [-0.3, -0.25) is 4.99 Å². The molecule has 0 aliphatic carbocycles. The molecule has 2 rings (SSSR count). The average molecular weight is 572 g/mol. The Kier molecular flexibility index (Phi) is 12.2. The van der Waals surface area contributed by atoms with E-state index in [1.807, 2.05) is 18.7 Å². The molecule has 178 valence electrons. The molecule has 0 atom stereocenters. The standard InChI is InChI=1S/C20H33FN4O4S.HI/c1-16(2)29-11-12-30(26,27)25-9-7-24(8-10-25)20(22-3)23-14-17-5-6-19(21)18(13-17)15-28-4;/h5-6,13,16H,7-12,14-15H2,1-4H3,(H,22,23);1H. The monoisotopic (exact) mass is 572 g/mol. The molecular weight excluding hydrogens is 538 g/mol. The Morgan fingerprint density at radius 2 is 1.94 bits per heavy atom. The van der Waals surface area contributed by atoms with Crippen LogP contribution in [-0.2, 0) is 32.6 Å². The second-order valence-corrected chi connectivity index (χ2v) is 9.47. The highest BCUT2D eigenvalue weighted by molar-refractivity contribution is 14.0. The number of ether oxygens (including phenoxy) is 2. The SMILES string of the molecule is CN=C(NCc1ccc(F)c(COC)c1)N1CCN(S(=O)(=O)CCOC(C)C)CC1.I. The highest BCUT2D eigenvalue weighted by Gasteiger charge is 2.28. The van der Waals surface area contributed by atoms with Crippen molar-refractivity contribution in [1.29, 1.82) is 0 Å². The van der Waals surface area contributed by atoms with E-state index in [9.17, 15) is 12.8 Å². The summed E-state index contributed by atoms with van der Waals surface area (Å²) in [6.45, 7) is 6.56. The van der Waals surface area contributed by atoms with E-state index in [4.69, 9.17) is 9.47 Å². The van der Waals surface area contributed by atoms with Crippen LogP contribution in [0.2, 0.25) is 0 Å². The molecule has 1 aromatic rings. The quantitative estimate of drug-likeness (QED) is 0.277. The van der Waals surface area contributed by atoms with Gasteiger partial charge in [-0.15, -0.1) is 24.0 Å². The van der Waals surface area contributed by atoms with Gasteiger partial charge in [0, 0.05) is 52.4 Å². The Hall–Kier alpha value is -1.02. The van der Waals surface area contributed by atoms with Crippen molar-refractivity contribution in [3.8, 4) is 0 Å². The number of nitrogens with one attached hydrogen (secondary N) is 1. The molecule has 1 N–H and O–H groups in total. The molecule has 1 fully saturated rings. The lowest BCUT2D eigenvalue weighted by molar-refractivity contribution is 0.0904. The summed E-state index contributed by atoms with van der Waals surface area (Å²) in [5, 5.41) is 3.27. The minimum absolute atomic E-state index is 0. The van der Waals surface area contributed by atoms with Gasteiger partial charge < -0.3 is 19.7 Å². The number of sulfonamides is 1. The summed E-state index contributed by atoms with van der Waals surface area (Å²) in [5.74, 6) is 0.390. The van der Waals surface area contributed by atoms with Crippen molar-refractivity contribution in [3.63, 3.8) is 0 Å². The summed E-state index contributed by atoms with van der Waals surface area (Å²) in [6, 6.07) is 4.92. The molecule has 1 aliphatic heterocycles. The minimum Gasteiger partial charge on any atom is -0.380 e. The van der Waals surface area contributed by atoms with E-state index in [0.29, 0.717) is 44.2 Å². The van der Waals surface area contributed by atoms with E-state index in [2.05, 4.69) is 10.3 Å². The third-order valence-corrected chi connectivity index (χ3v) is 6.63. The van der Waals surface area contributed by atoms with E-state index in [1.165, 1.54) is 17.5 Å². The number of guanidine groups is 1. The molecule has 0 unspecified atom stereocenters. The van der Waals surface area contributed by atoms with Gasteiger partial charge in [0.05, 0.1) is 25.1 Å². The fraction of sp³-hybridized carbons (Fsp3) is 0.650. The maximum Gasteiger partial charge on any atom is 0.216 e. The van der Waals surface area contributed by atoms with Gasteiger partial charge in [-0.2, -0.15) is 4.31 Å². The first-order valence-corrected chi connectivity index (χ1v) is 11.7. The second kappa shape index (κ2) is 13.5. The van der Waals surface area contributed by atoms with Gasteiger partial charge in [0.2, 0.25) is 10.0 Å². The predicted octanol–water partition coefficient (Wildman–Crippen LogP) is 2.04. The first kappa shape index (κ1) is 28.0. The van der Waals surface area contributed by atoms with Crippen molar-refractivity contribution in [2.24, 2.45) is 4.99 Å². The highest BCUT2D eigenvalue weighted by atomic mass is 127. The maximum atomic E-state index is 13.8. The van der Waals surface area contributed by atoms with Crippen molar-refractivity contribution in [2.45, 2.75) is 33.1 Å². The summed E-state index contributed by atoms with van der Waals surface area (Å²) >= 11 is 0. The van der Waals surface area contributed by atoms with Crippen LogP contribution in [0.1, 0.15) is 25.0 Å². The Morgan fingerprint density at radius 3 is 2.52 bits per heavy atom. The van der Waals surface area contributed by atoms with Gasteiger partial charge in [0.25, 0.3) is 0 Å². The molecule has 31 heavy (non-hydrogen) atoms. The lowest BCUT2D eigenvalue weighted by Crippen LogP contribution is -2.54. The van der Waals surface area contributed by atoms with Gasteiger partial charge in [0.1, 0.15) is 5.82 Å². The van der Waals surface area contributed by atoms with Crippen LogP contribution in [0.5, 0.6) is 0 Å². The number of hydrogen-bond donors (Lipinski definition) is 1. The molecule has 1 aromatic carbocycles. The van der Waals surface area contributed by atoms with Crippen molar-refractivity contribution in [3.05, 3.63) is 35.1 Å². The van der Waals surface area contributed by atoms with Crippen molar-refractivity contribution in [2.75, 3.05) is 52.7 Å². The number of halogens is 2. The molecule has 1 heterocycles. The van der Waals surface area contributed by atoms with Gasteiger partial charge in [-0.05, 0) is 31.5 Å². The van der Waals surface area contributed by atoms with Crippen LogP contribution in [0.4, 0.5) is 4.39 Å². The number of hydrogen-bond acceptors (Lipinski definition) is 5. The van der Waals surface area contributed by atoms with Crippen molar-refractivity contribution in [1.82, 2.24) is 14.5 Å². The number of benzene rings is 1. The molecule has 0 spiro atoms. The highest BCUT2D eigenvalue weighted by Crippen LogP contribution is 2.13. The number of piperazine rings is 1. The van der Waals surface area contributed by atoms with Crippen molar-refractivity contribution >= 4 is 40.0 Å². The van der Waals surface area contributed by atoms with Gasteiger partial charge in [0.15, 0.2) is 5.96 Å². The molecule has 0 saturated carbocycles. The van der Waals surface area contributed by atoms with E-state index >= 15 is 0 Å². The maximum absolute atomic E-state index is 13.8. The zero-order valence-corrected chi connectivity index (χ0v) is 21.8. The zero-order valence-electron chi connectivity index (χ0n) is 18.6. The Morgan fingerprint density at radius 1 is 1.26 bits per heavy atom. The van der Waals surface area contributed by atoms with E-state index in [1.54, 1.807) is 19.2 Å². The topological polar surface area (TPSA) is 83.5 Å². The van der Waals surface area contributed by atoms with Crippen LogP contribution in [0, 0.1) is 5.82 Å². The number of aliphatic imine (C=N–C) groups is 1. The van der Waals surface area contributed by atoms with E-state index < -0.39 is 10.0 Å². The Bertz CT molecular complexity index is 815. The fourth-order valence-corrected chi connectivity index (χ4v) is 4.50. The van der Waals surface area contributed by atoms with Crippen LogP contribution in [0.25, 0.3) is 0 Å². The van der Waals surface area contributed by atoms with E-state index in [0.717, 1.165) is 5.56 Å². The molecule has 0 aromatic heterocycles. The number of methoxy groups -OCH3 is 1. The first-order chi connectivity index (χ1) is 14.3. The molecule has 8 nitrogen and oxygen atoms in total. The molecule has 0 bridgehead atoms. The Balaban J connectivity index is 0.00000480. The molecular formula is C20H34FIN4O4S. The summed E-state index contributed by atoms with van der Waals surface area (Å²) < 4.78 is 50.6. The molecule has 0 radical (unpaired) electrons. The van der Waals surface area contributed by atoms with Crippen LogP contribution < -0.4 is 5.32 Å². The Labute approximate surface area is 202 Å². The van der Waals surface area contributed by atoms with Crippen LogP contribution in [0.3, 0.4) is 0 Å². The predicted molar refractivity (Wildman–Crippen MR) is 131 cm³/mol. The lowest BCUT2D eigenvalue weighted by atomic mass is 10.1. The molecule has 0 amide bonds. The van der Waals surface area contributed by atoms with Gasteiger partial charge >= 0.3 is 0 Å². The summed E-state index contributed by atoms with van der Waals surface area (Å²) in [6.07, 6.45) is 0.0122. The zero-order chi connectivity index (χ0) is 22.1. The first-order valence-electron chi connectivity index (χ1n) is 10.1. The largest absolute Gasteiger partial charge is 0.380 e. The third kappa shape index (κ3) is 8.79.